The SMILES string of the molecule is CNCc1ccnc(-n2ccnc2C)c1F. The van der Waals surface area contributed by atoms with E-state index in [1.54, 1.807) is 36.3 Å². The van der Waals surface area contributed by atoms with Crippen molar-refractivity contribution in [1.29, 1.82) is 0 Å². The number of aryl methyl sites for hydroxylation is 1. The molecule has 0 aliphatic carbocycles. The van der Waals surface area contributed by atoms with Crippen LogP contribution in [0.5, 0.6) is 0 Å². The van der Waals surface area contributed by atoms with Crippen molar-refractivity contribution in [1.82, 2.24) is 19.9 Å². The first kappa shape index (κ1) is 10.8. The fourth-order valence-electron chi connectivity index (χ4n) is 1.57. The molecule has 0 aliphatic heterocycles. The lowest BCUT2D eigenvalue weighted by molar-refractivity contribution is 0.582. The van der Waals surface area contributed by atoms with Crippen LogP contribution in [0.1, 0.15) is 11.4 Å². The van der Waals surface area contributed by atoms with Crippen LogP contribution in [0.3, 0.4) is 0 Å². The lowest BCUT2D eigenvalue weighted by atomic mass is 10.2. The molecule has 0 aromatic carbocycles. The van der Waals surface area contributed by atoms with Crippen molar-refractivity contribution in [2.24, 2.45) is 0 Å². The largest absolute Gasteiger partial charge is 0.316 e. The molecule has 84 valence electrons. The summed E-state index contributed by atoms with van der Waals surface area (Å²) in [5.74, 6) is 0.703. The Balaban J connectivity index is 2.50. The standard InChI is InChI=1S/C11H13FN4/c1-8-14-5-6-16(8)11-10(12)9(7-13-2)3-4-15-11/h3-6,13H,7H2,1-2H3. The summed E-state index contributed by atoms with van der Waals surface area (Å²) in [6, 6.07) is 1.67. The van der Waals surface area contributed by atoms with Gasteiger partial charge in [-0.2, -0.15) is 0 Å². The van der Waals surface area contributed by atoms with Crippen LogP contribution in [-0.2, 0) is 6.54 Å². The molecule has 1 N–H and O–H groups in total. The summed E-state index contributed by atoms with van der Waals surface area (Å²) >= 11 is 0. The number of aromatic nitrogens is 3. The zero-order valence-electron chi connectivity index (χ0n) is 9.24. The van der Waals surface area contributed by atoms with Gasteiger partial charge in [0.15, 0.2) is 11.6 Å². The zero-order valence-corrected chi connectivity index (χ0v) is 9.24. The van der Waals surface area contributed by atoms with Crippen molar-refractivity contribution < 1.29 is 4.39 Å². The van der Waals surface area contributed by atoms with Gasteiger partial charge < -0.3 is 5.32 Å². The Labute approximate surface area is 93.2 Å². The maximum atomic E-state index is 14.1. The van der Waals surface area contributed by atoms with E-state index in [-0.39, 0.29) is 5.82 Å². The van der Waals surface area contributed by atoms with Crippen LogP contribution in [0.2, 0.25) is 0 Å². The predicted molar refractivity (Wildman–Crippen MR) is 58.8 cm³/mol. The van der Waals surface area contributed by atoms with Gasteiger partial charge in [0.05, 0.1) is 0 Å². The number of hydrogen-bond donors (Lipinski definition) is 1. The van der Waals surface area contributed by atoms with Crippen molar-refractivity contribution in [3.8, 4) is 5.82 Å². The highest BCUT2D eigenvalue weighted by molar-refractivity contribution is 5.31. The van der Waals surface area contributed by atoms with Gasteiger partial charge in [0.2, 0.25) is 0 Å². The Bertz CT molecular complexity index is 492. The molecular formula is C11H13FN4. The topological polar surface area (TPSA) is 42.7 Å². The third-order valence-corrected chi connectivity index (χ3v) is 2.37. The Hall–Kier alpha value is -1.75. The molecule has 0 radical (unpaired) electrons. The second-order valence-corrected chi connectivity index (χ2v) is 3.48. The summed E-state index contributed by atoms with van der Waals surface area (Å²) in [5, 5.41) is 2.92. The van der Waals surface area contributed by atoms with E-state index in [0.717, 1.165) is 0 Å². The van der Waals surface area contributed by atoms with Crippen LogP contribution in [0.4, 0.5) is 4.39 Å². The molecule has 0 unspecified atom stereocenters. The molecule has 5 heteroatoms. The molecule has 0 spiro atoms. The number of hydrogen-bond acceptors (Lipinski definition) is 3. The Morgan fingerprint density at radius 3 is 2.81 bits per heavy atom. The molecule has 2 heterocycles. The predicted octanol–water partition coefficient (Wildman–Crippen LogP) is 1.43. The summed E-state index contributed by atoms with van der Waals surface area (Å²) < 4.78 is 15.7. The lowest BCUT2D eigenvalue weighted by Gasteiger charge is -2.08. The van der Waals surface area contributed by atoms with E-state index in [4.69, 9.17) is 0 Å². The fourth-order valence-corrected chi connectivity index (χ4v) is 1.57. The molecule has 2 rings (SSSR count). The average Bonchev–Trinajstić information content (AvgIpc) is 2.68. The number of imidazole rings is 1. The molecular weight excluding hydrogens is 207 g/mol. The van der Waals surface area contributed by atoms with Gasteiger partial charge in [-0.25, -0.2) is 14.4 Å². The van der Waals surface area contributed by atoms with E-state index < -0.39 is 0 Å². The van der Waals surface area contributed by atoms with Gasteiger partial charge in [-0.1, -0.05) is 0 Å². The molecule has 16 heavy (non-hydrogen) atoms. The second kappa shape index (κ2) is 4.40. The summed E-state index contributed by atoms with van der Waals surface area (Å²) in [7, 11) is 1.78. The first-order valence-electron chi connectivity index (χ1n) is 5.02. The molecule has 2 aromatic heterocycles. The van der Waals surface area contributed by atoms with Crippen LogP contribution in [0.15, 0.2) is 24.7 Å². The molecule has 0 aliphatic rings. The summed E-state index contributed by atoms with van der Waals surface area (Å²) in [5.41, 5.74) is 0.598. The van der Waals surface area contributed by atoms with Gasteiger partial charge in [-0.15, -0.1) is 0 Å². The van der Waals surface area contributed by atoms with Gasteiger partial charge in [0.25, 0.3) is 0 Å². The molecule has 0 amide bonds. The Morgan fingerprint density at radius 2 is 2.19 bits per heavy atom. The fraction of sp³-hybridized carbons (Fsp3) is 0.273. The molecule has 4 nitrogen and oxygen atoms in total. The summed E-state index contributed by atoms with van der Waals surface area (Å²) in [6.07, 6.45) is 4.93. The minimum absolute atomic E-state index is 0.294. The third kappa shape index (κ3) is 1.81. The van der Waals surface area contributed by atoms with Crippen molar-refractivity contribution >= 4 is 0 Å². The lowest BCUT2D eigenvalue weighted by Crippen LogP contribution is -2.10. The van der Waals surface area contributed by atoms with Crippen molar-refractivity contribution in [2.75, 3.05) is 7.05 Å². The zero-order chi connectivity index (χ0) is 11.5. The molecule has 0 atom stereocenters. The molecule has 0 fully saturated rings. The van der Waals surface area contributed by atoms with Crippen molar-refractivity contribution in [3.63, 3.8) is 0 Å². The average molecular weight is 220 g/mol. The third-order valence-electron chi connectivity index (χ3n) is 2.37. The van der Waals surface area contributed by atoms with Gasteiger partial charge in [-0.3, -0.25) is 4.57 Å². The molecule has 0 saturated carbocycles. The first-order chi connectivity index (χ1) is 7.74. The summed E-state index contributed by atoms with van der Waals surface area (Å²) in [4.78, 5) is 8.10. The number of nitrogens with zero attached hydrogens (tertiary/aromatic N) is 3. The van der Waals surface area contributed by atoms with Crippen LogP contribution >= 0.6 is 0 Å². The molecule has 0 bridgehead atoms. The van der Waals surface area contributed by atoms with E-state index in [2.05, 4.69) is 15.3 Å². The van der Waals surface area contributed by atoms with Crippen molar-refractivity contribution in [3.05, 3.63) is 41.9 Å². The van der Waals surface area contributed by atoms with E-state index in [1.807, 2.05) is 6.92 Å². The van der Waals surface area contributed by atoms with Gasteiger partial charge in [0, 0.05) is 30.7 Å². The van der Waals surface area contributed by atoms with Crippen molar-refractivity contribution in [2.45, 2.75) is 13.5 Å². The van der Waals surface area contributed by atoms with E-state index >= 15 is 0 Å². The smallest absolute Gasteiger partial charge is 0.174 e. The van der Waals surface area contributed by atoms with E-state index in [1.165, 1.54) is 0 Å². The quantitative estimate of drug-likeness (QED) is 0.851. The maximum absolute atomic E-state index is 14.1. The molecule has 2 aromatic rings. The van der Waals surface area contributed by atoms with Gasteiger partial charge in [0.1, 0.15) is 5.82 Å². The second-order valence-electron chi connectivity index (χ2n) is 3.48. The highest BCUT2D eigenvalue weighted by atomic mass is 19.1. The van der Waals surface area contributed by atoms with E-state index in [9.17, 15) is 4.39 Å². The molecule has 0 saturated heterocycles. The number of rotatable bonds is 3. The minimum atomic E-state index is -0.307. The number of nitrogens with one attached hydrogen (secondary N) is 1. The van der Waals surface area contributed by atoms with Gasteiger partial charge >= 0.3 is 0 Å². The van der Waals surface area contributed by atoms with E-state index in [0.29, 0.717) is 23.8 Å². The van der Waals surface area contributed by atoms with Gasteiger partial charge in [-0.05, 0) is 20.0 Å². The minimum Gasteiger partial charge on any atom is -0.316 e. The van der Waals surface area contributed by atoms with Crippen LogP contribution in [0, 0.1) is 12.7 Å². The monoisotopic (exact) mass is 220 g/mol. The Kier molecular flexibility index (Phi) is 2.96. The number of pyridine rings is 1. The number of halogens is 1. The Morgan fingerprint density at radius 1 is 1.38 bits per heavy atom. The van der Waals surface area contributed by atoms with Crippen LogP contribution in [-0.4, -0.2) is 21.6 Å². The van der Waals surface area contributed by atoms with Crippen LogP contribution < -0.4 is 5.32 Å². The highest BCUT2D eigenvalue weighted by Crippen LogP contribution is 2.15. The first-order valence-corrected chi connectivity index (χ1v) is 5.02. The highest BCUT2D eigenvalue weighted by Gasteiger charge is 2.11. The summed E-state index contributed by atoms with van der Waals surface area (Å²) in [6.45, 7) is 2.29. The van der Waals surface area contributed by atoms with Crippen LogP contribution in [0.25, 0.3) is 5.82 Å². The normalized spacial score (nSPS) is 10.7. The maximum Gasteiger partial charge on any atom is 0.174 e.